The second-order valence-electron chi connectivity index (χ2n) is 6.16. The number of aliphatic hydroxyl groups is 1. The molecule has 2 unspecified atom stereocenters. The summed E-state index contributed by atoms with van der Waals surface area (Å²) in [7, 11) is 0. The van der Waals surface area contributed by atoms with Crippen LogP contribution in [-0.2, 0) is 6.42 Å². The van der Waals surface area contributed by atoms with E-state index >= 15 is 0 Å². The fraction of sp³-hybridized carbons (Fsp3) is 0.647. The smallest absolute Gasteiger partial charge is 0.0716 e. The second-order valence-corrected chi connectivity index (χ2v) is 6.16. The first-order chi connectivity index (χ1) is 8.46. The highest BCUT2D eigenvalue weighted by Gasteiger charge is 2.40. The molecule has 1 heteroatoms. The summed E-state index contributed by atoms with van der Waals surface area (Å²) < 4.78 is 0. The molecule has 2 rings (SSSR count). The predicted octanol–water partition coefficient (Wildman–Crippen LogP) is 4.10. The number of hydrogen-bond donors (Lipinski definition) is 1. The molecule has 100 valence electrons. The maximum Gasteiger partial charge on any atom is 0.0716 e. The van der Waals surface area contributed by atoms with Crippen LogP contribution in [0, 0.1) is 26.7 Å². The highest BCUT2D eigenvalue weighted by molar-refractivity contribution is 5.38. The molecule has 2 atom stereocenters. The van der Waals surface area contributed by atoms with E-state index in [4.69, 9.17) is 0 Å². The van der Waals surface area contributed by atoms with Gasteiger partial charge in [0.1, 0.15) is 0 Å². The van der Waals surface area contributed by atoms with E-state index in [2.05, 4.69) is 39.8 Å². The van der Waals surface area contributed by atoms with E-state index in [1.165, 1.54) is 35.1 Å². The van der Waals surface area contributed by atoms with Crippen molar-refractivity contribution in [3.63, 3.8) is 0 Å². The average Bonchev–Trinajstić information content (AvgIpc) is 2.65. The number of rotatable bonds is 3. The minimum atomic E-state index is -0.459. The maximum absolute atomic E-state index is 10.9. The summed E-state index contributed by atoms with van der Waals surface area (Å²) in [6.07, 6.45) is 5.28. The molecule has 1 nitrogen and oxygen atoms in total. The number of benzene rings is 1. The van der Waals surface area contributed by atoms with Gasteiger partial charge in [0, 0.05) is 6.42 Å². The molecule has 1 saturated carbocycles. The Labute approximate surface area is 111 Å². The summed E-state index contributed by atoms with van der Waals surface area (Å²) in [5, 5.41) is 10.9. The monoisotopic (exact) mass is 246 g/mol. The van der Waals surface area contributed by atoms with E-state index < -0.39 is 5.60 Å². The van der Waals surface area contributed by atoms with E-state index in [-0.39, 0.29) is 0 Å². The van der Waals surface area contributed by atoms with Crippen LogP contribution in [0.4, 0.5) is 0 Å². The Morgan fingerprint density at radius 3 is 2.39 bits per heavy atom. The van der Waals surface area contributed by atoms with Gasteiger partial charge in [-0.3, -0.25) is 0 Å². The van der Waals surface area contributed by atoms with Crippen molar-refractivity contribution in [2.45, 2.75) is 65.4 Å². The Hall–Kier alpha value is -0.820. The molecule has 0 radical (unpaired) electrons. The lowest BCUT2D eigenvalue weighted by atomic mass is 9.81. The van der Waals surface area contributed by atoms with Crippen LogP contribution in [-0.4, -0.2) is 10.7 Å². The molecule has 1 aromatic rings. The van der Waals surface area contributed by atoms with Gasteiger partial charge in [0.15, 0.2) is 0 Å². The minimum absolute atomic E-state index is 0.459. The first-order valence-corrected chi connectivity index (χ1v) is 7.25. The molecule has 18 heavy (non-hydrogen) atoms. The lowest BCUT2D eigenvalue weighted by Gasteiger charge is -2.31. The van der Waals surface area contributed by atoms with Crippen molar-refractivity contribution in [1.29, 1.82) is 0 Å². The Morgan fingerprint density at radius 1 is 1.22 bits per heavy atom. The highest BCUT2D eigenvalue weighted by Crippen LogP contribution is 2.41. The summed E-state index contributed by atoms with van der Waals surface area (Å²) >= 11 is 0. The Balaban J connectivity index is 2.29. The van der Waals surface area contributed by atoms with Gasteiger partial charge in [0.25, 0.3) is 0 Å². The first kappa shape index (κ1) is 13.6. The average molecular weight is 246 g/mol. The molecular formula is C17H26O. The van der Waals surface area contributed by atoms with Gasteiger partial charge in [0.2, 0.25) is 0 Å². The van der Waals surface area contributed by atoms with Crippen LogP contribution in [0.2, 0.25) is 0 Å². The largest absolute Gasteiger partial charge is 0.389 e. The Kier molecular flexibility index (Phi) is 3.82. The summed E-state index contributed by atoms with van der Waals surface area (Å²) in [4.78, 5) is 0. The van der Waals surface area contributed by atoms with E-state index in [1.54, 1.807) is 0 Å². The van der Waals surface area contributed by atoms with Crippen molar-refractivity contribution in [3.05, 3.63) is 34.4 Å². The zero-order valence-corrected chi connectivity index (χ0v) is 12.2. The van der Waals surface area contributed by atoms with Crippen molar-refractivity contribution >= 4 is 0 Å². The highest BCUT2D eigenvalue weighted by atomic mass is 16.3. The molecule has 0 aromatic heterocycles. The van der Waals surface area contributed by atoms with Crippen molar-refractivity contribution < 1.29 is 5.11 Å². The van der Waals surface area contributed by atoms with Gasteiger partial charge in [-0.1, -0.05) is 37.5 Å². The summed E-state index contributed by atoms with van der Waals surface area (Å²) in [5.74, 6) is 0.484. The SMILES string of the molecule is CCC1CCCC1(O)Cc1c(C)cc(C)cc1C. The zero-order valence-electron chi connectivity index (χ0n) is 12.2. The first-order valence-electron chi connectivity index (χ1n) is 7.25. The van der Waals surface area contributed by atoms with Crippen LogP contribution in [0.25, 0.3) is 0 Å². The third-order valence-electron chi connectivity index (χ3n) is 4.74. The van der Waals surface area contributed by atoms with Crippen LogP contribution in [0.1, 0.15) is 54.9 Å². The molecule has 1 aliphatic carbocycles. The quantitative estimate of drug-likeness (QED) is 0.851. The van der Waals surface area contributed by atoms with Gasteiger partial charge in [-0.05, 0) is 56.2 Å². The van der Waals surface area contributed by atoms with Gasteiger partial charge < -0.3 is 5.11 Å². The summed E-state index contributed by atoms with van der Waals surface area (Å²) in [5.41, 5.74) is 4.90. The lowest BCUT2D eigenvalue weighted by molar-refractivity contribution is 0.00121. The fourth-order valence-electron chi connectivity index (χ4n) is 3.74. The molecule has 0 heterocycles. The van der Waals surface area contributed by atoms with Crippen molar-refractivity contribution in [2.75, 3.05) is 0 Å². The molecule has 0 saturated heterocycles. The van der Waals surface area contributed by atoms with E-state index in [0.717, 1.165) is 19.3 Å². The molecule has 0 bridgehead atoms. The molecule has 0 spiro atoms. The zero-order chi connectivity index (χ0) is 13.3. The molecule has 1 fully saturated rings. The molecular weight excluding hydrogens is 220 g/mol. The third-order valence-corrected chi connectivity index (χ3v) is 4.74. The van der Waals surface area contributed by atoms with Gasteiger partial charge in [0.05, 0.1) is 5.60 Å². The summed E-state index contributed by atoms with van der Waals surface area (Å²) in [6, 6.07) is 4.48. The predicted molar refractivity (Wildman–Crippen MR) is 76.9 cm³/mol. The number of aryl methyl sites for hydroxylation is 3. The normalized spacial score (nSPS) is 27.7. The van der Waals surface area contributed by atoms with Crippen LogP contribution < -0.4 is 0 Å². The van der Waals surface area contributed by atoms with E-state index in [0.29, 0.717) is 5.92 Å². The summed E-state index contributed by atoms with van der Waals surface area (Å²) in [6.45, 7) is 8.70. The molecule has 0 aliphatic heterocycles. The lowest BCUT2D eigenvalue weighted by Crippen LogP contribution is -2.35. The van der Waals surface area contributed by atoms with E-state index in [9.17, 15) is 5.11 Å². The maximum atomic E-state index is 10.9. The fourth-order valence-corrected chi connectivity index (χ4v) is 3.74. The van der Waals surface area contributed by atoms with Crippen molar-refractivity contribution in [2.24, 2.45) is 5.92 Å². The van der Waals surface area contributed by atoms with Gasteiger partial charge in [-0.25, -0.2) is 0 Å². The minimum Gasteiger partial charge on any atom is -0.389 e. The number of hydrogen-bond acceptors (Lipinski definition) is 1. The topological polar surface area (TPSA) is 20.2 Å². The van der Waals surface area contributed by atoms with Gasteiger partial charge >= 0.3 is 0 Å². The standard InChI is InChI=1S/C17H26O/c1-5-15-7-6-8-17(15,18)11-16-13(3)9-12(2)10-14(16)4/h9-10,15,18H,5-8,11H2,1-4H3. The van der Waals surface area contributed by atoms with Gasteiger partial charge in [-0.15, -0.1) is 0 Å². The van der Waals surface area contributed by atoms with E-state index in [1.807, 2.05) is 0 Å². The molecule has 0 amide bonds. The van der Waals surface area contributed by atoms with Crippen molar-refractivity contribution in [3.8, 4) is 0 Å². The van der Waals surface area contributed by atoms with Gasteiger partial charge in [-0.2, -0.15) is 0 Å². The van der Waals surface area contributed by atoms with Crippen LogP contribution in [0.5, 0.6) is 0 Å². The third kappa shape index (κ3) is 2.47. The molecule has 1 aromatic carbocycles. The van der Waals surface area contributed by atoms with Crippen LogP contribution in [0.3, 0.4) is 0 Å². The van der Waals surface area contributed by atoms with Crippen molar-refractivity contribution in [1.82, 2.24) is 0 Å². The Bertz CT molecular complexity index is 412. The second kappa shape index (κ2) is 5.05. The Morgan fingerprint density at radius 2 is 1.83 bits per heavy atom. The molecule has 1 N–H and O–H groups in total. The van der Waals surface area contributed by atoms with Crippen LogP contribution >= 0.6 is 0 Å². The molecule has 1 aliphatic rings. The van der Waals surface area contributed by atoms with Crippen LogP contribution in [0.15, 0.2) is 12.1 Å².